The van der Waals surface area contributed by atoms with Crippen LogP contribution in [0.15, 0.2) is 127 Å². The molecule has 3 heteroatoms. The molecule has 0 bridgehead atoms. The lowest BCUT2D eigenvalue weighted by atomic mass is 10.1. The molecule has 9 rings (SSSR count). The number of thiophene rings is 1. The first-order chi connectivity index (χ1) is 19.3. The van der Waals surface area contributed by atoms with Gasteiger partial charge in [-0.15, -0.1) is 11.3 Å². The Bertz CT molecular complexity index is 2370. The first-order valence-corrected chi connectivity index (χ1v) is 14.1. The second-order valence-electron chi connectivity index (χ2n) is 10.3. The van der Waals surface area contributed by atoms with Gasteiger partial charge in [-0.2, -0.15) is 0 Å². The number of H-pyrrole nitrogens is 1. The van der Waals surface area contributed by atoms with Crippen LogP contribution in [0.25, 0.3) is 80.6 Å². The molecule has 182 valence electrons. The van der Waals surface area contributed by atoms with Crippen LogP contribution in [0, 0.1) is 0 Å². The van der Waals surface area contributed by atoms with Crippen molar-refractivity contribution >= 4 is 75.1 Å². The maximum absolute atomic E-state index is 3.63. The van der Waals surface area contributed by atoms with Crippen molar-refractivity contribution in [1.29, 1.82) is 0 Å². The molecule has 0 saturated carbocycles. The Morgan fingerprint density at radius 3 is 2.00 bits per heavy atom. The van der Waals surface area contributed by atoms with Crippen molar-refractivity contribution in [3.8, 4) is 16.8 Å². The Morgan fingerprint density at radius 1 is 0.436 bits per heavy atom. The molecule has 0 spiro atoms. The standard InChI is InChI=1S/C36H22N2S/c1-2-8-22(9-3-1)23-14-16-24(17-15-23)38-33-13-7-5-11-26(33)28-18-29-30-19-32-27(25-10-4-6-12-31(25)37-32)20-35(30)39-36(29)21-34(28)38/h1-21,37H. The minimum Gasteiger partial charge on any atom is -0.354 e. The number of hydrogen-bond acceptors (Lipinski definition) is 1. The van der Waals surface area contributed by atoms with Crippen LogP contribution in [0.5, 0.6) is 0 Å². The van der Waals surface area contributed by atoms with Gasteiger partial charge in [-0.1, -0.05) is 78.9 Å². The maximum Gasteiger partial charge on any atom is 0.0555 e. The minimum absolute atomic E-state index is 1.18. The molecule has 0 amide bonds. The summed E-state index contributed by atoms with van der Waals surface area (Å²) in [5.41, 5.74) is 8.53. The van der Waals surface area contributed by atoms with Gasteiger partial charge in [-0.3, -0.25) is 0 Å². The molecular weight excluding hydrogens is 492 g/mol. The predicted octanol–water partition coefficient (Wildman–Crippen LogP) is 10.5. The predicted molar refractivity (Wildman–Crippen MR) is 168 cm³/mol. The van der Waals surface area contributed by atoms with Gasteiger partial charge in [0.2, 0.25) is 0 Å². The van der Waals surface area contributed by atoms with Gasteiger partial charge in [0.05, 0.1) is 11.0 Å². The molecule has 9 aromatic rings. The van der Waals surface area contributed by atoms with E-state index in [0.717, 1.165) is 0 Å². The number of para-hydroxylation sites is 2. The average molecular weight is 515 g/mol. The molecule has 0 atom stereocenters. The normalized spacial score (nSPS) is 12.1. The summed E-state index contributed by atoms with van der Waals surface area (Å²) < 4.78 is 5.07. The summed E-state index contributed by atoms with van der Waals surface area (Å²) in [6, 6.07) is 46.4. The molecule has 0 fully saturated rings. The van der Waals surface area contributed by atoms with Gasteiger partial charge >= 0.3 is 0 Å². The van der Waals surface area contributed by atoms with E-state index >= 15 is 0 Å². The van der Waals surface area contributed by atoms with Gasteiger partial charge in [0, 0.05) is 58.4 Å². The maximum atomic E-state index is 3.63. The van der Waals surface area contributed by atoms with Crippen LogP contribution < -0.4 is 0 Å². The summed E-state index contributed by atoms with van der Waals surface area (Å²) in [4.78, 5) is 3.63. The van der Waals surface area contributed by atoms with Gasteiger partial charge in [-0.25, -0.2) is 0 Å². The van der Waals surface area contributed by atoms with Gasteiger partial charge < -0.3 is 9.55 Å². The highest BCUT2D eigenvalue weighted by atomic mass is 32.1. The molecule has 39 heavy (non-hydrogen) atoms. The van der Waals surface area contributed by atoms with Gasteiger partial charge in [0.15, 0.2) is 0 Å². The topological polar surface area (TPSA) is 20.7 Å². The fourth-order valence-corrected chi connectivity index (χ4v) is 7.44. The van der Waals surface area contributed by atoms with Crippen LogP contribution in [-0.2, 0) is 0 Å². The summed E-state index contributed by atoms with van der Waals surface area (Å²) >= 11 is 1.89. The van der Waals surface area contributed by atoms with E-state index in [4.69, 9.17) is 0 Å². The second kappa shape index (κ2) is 7.83. The zero-order valence-corrected chi connectivity index (χ0v) is 21.8. The van der Waals surface area contributed by atoms with Crippen LogP contribution >= 0.6 is 11.3 Å². The summed E-state index contributed by atoms with van der Waals surface area (Å²) in [6.45, 7) is 0. The molecular formula is C36H22N2S. The van der Waals surface area contributed by atoms with Crippen molar-refractivity contribution in [3.63, 3.8) is 0 Å². The van der Waals surface area contributed by atoms with Crippen LogP contribution in [0.1, 0.15) is 0 Å². The van der Waals surface area contributed by atoms with Crippen molar-refractivity contribution in [2.24, 2.45) is 0 Å². The summed E-state index contributed by atoms with van der Waals surface area (Å²) in [6.07, 6.45) is 0. The highest BCUT2D eigenvalue weighted by molar-refractivity contribution is 7.26. The molecule has 2 nitrogen and oxygen atoms in total. The van der Waals surface area contributed by atoms with Gasteiger partial charge in [-0.05, 0) is 59.7 Å². The van der Waals surface area contributed by atoms with Gasteiger partial charge in [0.1, 0.15) is 0 Å². The van der Waals surface area contributed by atoms with Crippen LogP contribution in [0.3, 0.4) is 0 Å². The van der Waals surface area contributed by atoms with E-state index in [-0.39, 0.29) is 0 Å². The average Bonchev–Trinajstić information content (AvgIpc) is 3.64. The Labute approximate surface area is 228 Å². The number of fused-ring (bicyclic) bond motifs is 9. The molecule has 0 unspecified atom stereocenters. The molecule has 3 heterocycles. The first kappa shape index (κ1) is 21.1. The smallest absolute Gasteiger partial charge is 0.0555 e. The molecule has 0 aliphatic carbocycles. The largest absolute Gasteiger partial charge is 0.354 e. The molecule has 6 aromatic carbocycles. The van der Waals surface area contributed by atoms with E-state index in [1.807, 2.05) is 11.3 Å². The Hall–Kier alpha value is -4.86. The third kappa shape index (κ3) is 3.02. The van der Waals surface area contributed by atoms with Crippen molar-refractivity contribution in [1.82, 2.24) is 9.55 Å². The zero-order valence-electron chi connectivity index (χ0n) is 21.0. The van der Waals surface area contributed by atoms with E-state index in [1.54, 1.807) is 0 Å². The van der Waals surface area contributed by atoms with Crippen LogP contribution in [0.2, 0.25) is 0 Å². The highest BCUT2D eigenvalue weighted by Gasteiger charge is 2.16. The summed E-state index contributed by atoms with van der Waals surface area (Å²) in [5, 5.41) is 7.80. The molecule has 0 aliphatic rings. The van der Waals surface area contributed by atoms with E-state index in [2.05, 4.69) is 137 Å². The third-order valence-electron chi connectivity index (χ3n) is 8.12. The van der Waals surface area contributed by atoms with E-state index < -0.39 is 0 Å². The van der Waals surface area contributed by atoms with E-state index in [0.29, 0.717) is 0 Å². The highest BCUT2D eigenvalue weighted by Crippen LogP contribution is 2.42. The number of aromatic nitrogens is 2. The molecule has 0 saturated heterocycles. The zero-order chi connectivity index (χ0) is 25.5. The lowest BCUT2D eigenvalue weighted by Gasteiger charge is -2.09. The summed E-state index contributed by atoms with van der Waals surface area (Å²) in [5.74, 6) is 0. The van der Waals surface area contributed by atoms with Crippen molar-refractivity contribution in [2.75, 3.05) is 0 Å². The Kier molecular flexibility index (Phi) is 4.24. The summed E-state index contributed by atoms with van der Waals surface area (Å²) in [7, 11) is 0. The lowest BCUT2D eigenvalue weighted by Crippen LogP contribution is -1.93. The molecule has 0 aliphatic heterocycles. The molecule has 1 N–H and O–H groups in total. The van der Waals surface area contributed by atoms with Crippen molar-refractivity contribution in [3.05, 3.63) is 127 Å². The number of hydrogen-bond donors (Lipinski definition) is 1. The van der Waals surface area contributed by atoms with E-state index in [9.17, 15) is 0 Å². The van der Waals surface area contributed by atoms with Crippen molar-refractivity contribution < 1.29 is 0 Å². The Morgan fingerprint density at radius 2 is 1.13 bits per heavy atom. The fraction of sp³-hybridized carbons (Fsp3) is 0. The molecule has 3 aromatic heterocycles. The number of nitrogens with zero attached hydrogens (tertiary/aromatic N) is 1. The van der Waals surface area contributed by atoms with E-state index in [1.165, 1.54) is 80.6 Å². The van der Waals surface area contributed by atoms with Crippen LogP contribution in [0.4, 0.5) is 0 Å². The lowest BCUT2D eigenvalue weighted by molar-refractivity contribution is 1.18. The third-order valence-corrected chi connectivity index (χ3v) is 9.24. The Balaban J connectivity index is 1.30. The number of nitrogens with one attached hydrogen (secondary N) is 1. The second-order valence-corrected chi connectivity index (χ2v) is 11.4. The number of aromatic amines is 1. The number of rotatable bonds is 2. The fourth-order valence-electron chi connectivity index (χ4n) is 6.29. The first-order valence-electron chi connectivity index (χ1n) is 13.3. The molecule has 0 radical (unpaired) electrons. The van der Waals surface area contributed by atoms with Gasteiger partial charge in [0.25, 0.3) is 0 Å². The number of benzene rings is 6. The SMILES string of the molecule is c1ccc(-c2ccc(-n3c4ccccc4c4cc5c(cc43)sc3cc4c(cc35)[nH]c3ccccc34)cc2)cc1. The quantitative estimate of drug-likeness (QED) is 0.237. The monoisotopic (exact) mass is 514 g/mol. The van der Waals surface area contributed by atoms with Crippen LogP contribution in [-0.4, -0.2) is 9.55 Å². The minimum atomic E-state index is 1.18. The van der Waals surface area contributed by atoms with Crippen molar-refractivity contribution in [2.45, 2.75) is 0 Å².